The normalized spacial score (nSPS) is 10.5. The molecule has 7 nitrogen and oxygen atoms in total. The third kappa shape index (κ3) is 1.25. The van der Waals surface area contributed by atoms with E-state index in [0.717, 1.165) is 0 Å². The van der Waals surface area contributed by atoms with Gasteiger partial charge in [0.2, 0.25) is 0 Å². The zero-order chi connectivity index (χ0) is 11.0. The molecule has 0 aliphatic rings. The number of amides is 1. The second-order valence-corrected chi connectivity index (χ2v) is 3.07. The van der Waals surface area contributed by atoms with Crippen LogP contribution in [-0.4, -0.2) is 15.5 Å². The van der Waals surface area contributed by atoms with Crippen molar-refractivity contribution in [1.29, 1.82) is 0 Å². The summed E-state index contributed by atoms with van der Waals surface area (Å²) >= 11 is 0. The molecule has 2 aromatic heterocycles. The lowest BCUT2D eigenvalue weighted by Crippen LogP contribution is -2.11. The summed E-state index contributed by atoms with van der Waals surface area (Å²) in [5.41, 5.74) is 7.21. The first kappa shape index (κ1) is 9.25. The minimum absolute atomic E-state index is 0.00190. The highest BCUT2D eigenvalue weighted by molar-refractivity contribution is 6.04. The molecule has 0 aliphatic carbocycles. The van der Waals surface area contributed by atoms with E-state index in [4.69, 9.17) is 5.73 Å². The van der Waals surface area contributed by atoms with Gasteiger partial charge in [-0.3, -0.25) is 4.79 Å². The molecule has 0 spiro atoms. The van der Waals surface area contributed by atoms with Gasteiger partial charge in [0.05, 0.1) is 5.69 Å². The fourth-order valence-corrected chi connectivity index (χ4v) is 1.51. The Hall–Kier alpha value is -2.31. The lowest BCUT2D eigenvalue weighted by atomic mass is 10.3. The number of fused-ring (bicyclic) bond motifs is 1. The van der Waals surface area contributed by atoms with E-state index in [2.05, 4.69) is 15.1 Å². The number of carbonyl (C=O) groups excluding carboxylic acids is 1. The molecule has 7 heteroatoms. The number of nitrogens with two attached hydrogens (primary N) is 1. The largest absolute Gasteiger partial charge is 0.394 e. The highest BCUT2D eigenvalue weighted by Crippen LogP contribution is 2.20. The molecule has 0 aliphatic heterocycles. The van der Waals surface area contributed by atoms with Gasteiger partial charge in [0, 0.05) is 18.4 Å². The van der Waals surface area contributed by atoms with Crippen molar-refractivity contribution < 1.29 is 9.78 Å². The Morgan fingerprint density at radius 2 is 2.40 bits per heavy atom. The smallest absolute Gasteiger partial charge is 0.362 e. The number of rotatable bonds is 1. The van der Waals surface area contributed by atoms with E-state index in [0.29, 0.717) is 16.7 Å². The van der Waals surface area contributed by atoms with Crippen LogP contribution in [0.4, 0.5) is 5.69 Å². The fraction of sp³-hybridized carbons (Fsp3) is 0.125. The van der Waals surface area contributed by atoms with E-state index >= 15 is 0 Å². The number of carbonyl (C=O) groups is 1. The zero-order valence-corrected chi connectivity index (χ0v) is 7.89. The molecular weight excluding hydrogens is 198 g/mol. The zero-order valence-electron chi connectivity index (χ0n) is 7.89. The van der Waals surface area contributed by atoms with Crippen LogP contribution in [0, 0.1) is 4.91 Å². The number of hydrogen-bond donors (Lipinski definition) is 1. The minimum atomic E-state index is -0.907. The van der Waals surface area contributed by atoms with Crippen molar-refractivity contribution in [3.8, 4) is 0 Å². The Bertz CT molecular complexity index is 559. The van der Waals surface area contributed by atoms with E-state index in [1.807, 2.05) is 0 Å². The number of anilines is 1. The van der Waals surface area contributed by atoms with Crippen molar-refractivity contribution >= 4 is 22.6 Å². The number of aryl methyl sites for hydroxylation is 1. The number of nitroso groups, excluding NO2 is 1. The Labute approximate surface area is 83.9 Å². The predicted octanol–water partition coefficient (Wildman–Crippen LogP) is -0.124. The monoisotopic (exact) mass is 206 g/mol. The van der Waals surface area contributed by atoms with Crippen LogP contribution < -0.4 is 10.7 Å². The third-order valence-electron chi connectivity index (χ3n) is 2.12. The molecule has 0 aromatic carbocycles. The van der Waals surface area contributed by atoms with Crippen LogP contribution in [0.2, 0.25) is 0 Å². The number of aromatic amines is 1. The molecule has 2 rings (SSSR count). The molecule has 2 heterocycles. The van der Waals surface area contributed by atoms with Crippen LogP contribution in [0.1, 0.15) is 10.5 Å². The van der Waals surface area contributed by atoms with Crippen LogP contribution in [-0.2, 0) is 7.05 Å². The molecule has 0 radical (unpaired) electrons. The SMILES string of the molecule is Cn1cc(N)c2[nH+]cnc(C(=O)N=O)c21. The standard InChI is InChI=1S/C8H7N5O2/c1-13-2-4(9)5-7(13)6(8(14)12-15)11-3-10-5/h2-3H,9H2,1H3/p+1. The summed E-state index contributed by atoms with van der Waals surface area (Å²) in [6, 6.07) is 0. The van der Waals surface area contributed by atoms with E-state index < -0.39 is 5.91 Å². The first-order valence-corrected chi connectivity index (χ1v) is 4.14. The van der Waals surface area contributed by atoms with Gasteiger partial charge >= 0.3 is 5.91 Å². The molecule has 0 fully saturated rings. The summed E-state index contributed by atoms with van der Waals surface area (Å²) in [5.74, 6) is -0.907. The average Bonchev–Trinajstić information content (AvgIpc) is 2.54. The molecule has 2 aromatic rings. The quantitative estimate of drug-likeness (QED) is 0.656. The molecule has 0 atom stereocenters. The molecule has 76 valence electrons. The molecule has 15 heavy (non-hydrogen) atoms. The molecule has 1 amide bonds. The van der Waals surface area contributed by atoms with Gasteiger partial charge in [0.1, 0.15) is 5.52 Å². The number of nitrogens with zero attached hydrogens (tertiary/aromatic N) is 3. The highest BCUT2D eigenvalue weighted by Gasteiger charge is 2.23. The van der Waals surface area contributed by atoms with E-state index in [9.17, 15) is 9.70 Å². The number of nitrogens with one attached hydrogen (secondary N) is 1. The lowest BCUT2D eigenvalue weighted by Gasteiger charge is -1.92. The van der Waals surface area contributed by atoms with Crippen molar-refractivity contribution in [3.63, 3.8) is 0 Å². The van der Waals surface area contributed by atoms with Gasteiger partial charge in [-0.2, -0.15) is 0 Å². The Morgan fingerprint density at radius 3 is 3.07 bits per heavy atom. The molecule has 0 bridgehead atoms. The van der Waals surface area contributed by atoms with E-state index in [-0.39, 0.29) is 5.69 Å². The fourth-order valence-electron chi connectivity index (χ4n) is 1.51. The predicted molar refractivity (Wildman–Crippen MR) is 51.8 cm³/mol. The summed E-state index contributed by atoms with van der Waals surface area (Å²) in [6.45, 7) is 0. The minimum Gasteiger partial charge on any atom is -0.394 e. The number of aromatic nitrogens is 3. The van der Waals surface area contributed by atoms with Crippen molar-refractivity contribution in [2.45, 2.75) is 0 Å². The number of hydrogen-bond acceptors (Lipinski definition) is 4. The van der Waals surface area contributed by atoms with Gasteiger partial charge in [0.15, 0.2) is 5.52 Å². The third-order valence-corrected chi connectivity index (χ3v) is 2.12. The van der Waals surface area contributed by atoms with Crippen LogP contribution >= 0.6 is 0 Å². The van der Waals surface area contributed by atoms with Crippen molar-refractivity contribution in [2.24, 2.45) is 12.2 Å². The van der Waals surface area contributed by atoms with Crippen molar-refractivity contribution in [1.82, 2.24) is 9.55 Å². The van der Waals surface area contributed by atoms with Crippen molar-refractivity contribution in [2.75, 3.05) is 5.73 Å². The Kier molecular flexibility index (Phi) is 1.93. The molecule has 0 saturated carbocycles. The number of nitrogen functional groups attached to an aromatic ring is 1. The van der Waals surface area contributed by atoms with Gasteiger partial charge in [-0.05, 0) is 4.98 Å². The maximum absolute atomic E-state index is 11.2. The second-order valence-electron chi connectivity index (χ2n) is 3.07. The summed E-state index contributed by atoms with van der Waals surface area (Å²) in [4.78, 5) is 27.9. The molecular formula is C8H8N5O2+. The molecule has 3 N–H and O–H groups in total. The van der Waals surface area contributed by atoms with Gasteiger partial charge in [-0.1, -0.05) is 0 Å². The first-order chi connectivity index (χ1) is 7.15. The van der Waals surface area contributed by atoms with Gasteiger partial charge in [0.25, 0.3) is 12.0 Å². The average molecular weight is 206 g/mol. The summed E-state index contributed by atoms with van der Waals surface area (Å²) in [5, 5.41) is 2.34. The molecule has 0 unspecified atom stereocenters. The lowest BCUT2D eigenvalue weighted by molar-refractivity contribution is -0.349. The van der Waals surface area contributed by atoms with Gasteiger partial charge in [-0.15, -0.1) is 4.91 Å². The van der Waals surface area contributed by atoms with E-state index in [1.54, 1.807) is 17.8 Å². The number of H-pyrrole nitrogens is 1. The Morgan fingerprint density at radius 1 is 1.67 bits per heavy atom. The maximum atomic E-state index is 11.2. The van der Waals surface area contributed by atoms with Gasteiger partial charge < -0.3 is 10.3 Å². The summed E-state index contributed by atoms with van der Waals surface area (Å²) in [6.07, 6.45) is 2.93. The summed E-state index contributed by atoms with van der Waals surface area (Å²) in [7, 11) is 1.70. The highest BCUT2D eigenvalue weighted by atomic mass is 16.3. The van der Waals surface area contributed by atoms with Gasteiger partial charge in [-0.25, -0.2) is 4.98 Å². The van der Waals surface area contributed by atoms with E-state index in [1.165, 1.54) is 6.33 Å². The van der Waals surface area contributed by atoms with Crippen LogP contribution in [0.25, 0.3) is 11.0 Å². The van der Waals surface area contributed by atoms with Crippen LogP contribution in [0.5, 0.6) is 0 Å². The maximum Gasteiger partial charge on any atom is 0.362 e. The second kappa shape index (κ2) is 3.12. The molecule has 0 saturated heterocycles. The summed E-state index contributed by atoms with van der Waals surface area (Å²) < 4.78 is 1.62. The topological polar surface area (TPSA) is 104 Å². The van der Waals surface area contributed by atoms with Crippen LogP contribution in [0.15, 0.2) is 17.7 Å². The van der Waals surface area contributed by atoms with Crippen molar-refractivity contribution in [3.05, 3.63) is 23.1 Å². The Balaban J connectivity index is 2.86. The first-order valence-electron chi connectivity index (χ1n) is 4.14. The van der Waals surface area contributed by atoms with Crippen LogP contribution in [0.3, 0.4) is 0 Å².